The van der Waals surface area contributed by atoms with E-state index in [1.807, 2.05) is 43.6 Å². The predicted molar refractivity (Wildman–Crippen MR) is 104 cm³/mol. The van der Waals surface area contributed by atoms with E-state index in [0.717, 1.165) is 12.0 Å². The van der Waals surface area contributed by atoms with Gasteiger partial charge in [-0.25, -0.2) is 0 Å². The number of hydrogen-bond acceptors (Lipinski definition) is 4. The Kier molecular flexibility index (Phi) is 4.68. The van der Waals surface area contributed by atoms with Gasteiger partial charge in [-0.2, -0.15) is 10.2 Å². The van der Waals surface area contributed by atoms with Crippen LogP contribution in [0.5, 0.6) is 0 Å². The van der Waals surface area contributed by atoms with Crippen LogP contribution in [-0.4, -0.2) is 31.4 Å². The molecule has 2 unspecified atom stereocenters. The maximum Gasteiger partial charge on any atom is 0.271 e. The summed E-state index contributed by atoms with van der Waals surface area (Å²) in [5.74, 6) is -0.215. The second kappa shape index (κ2) is 7.30. The SMILES string of the molecule is Cn1cc(CNC(=O)c2c(NC(=O)C3CC3c3ccccc3)cnn2C)cn1. The second-order valence-corrected chi connectivity index (χ2v) is 7.08. The standard InChI is InChI=1S/C20H22N6O2/c1-25-12-13(10-22-25)9-21-20(28)18-17(11-23-26(18)2)24-19(27)16-8-15(16)14-6-4-3-5-7-14/h3-7,10-12,15-16H,8-9H2,1-2H3,(H,21,28)(H,24,27). The van der Waals surface area contributed by atoms with Crippen molar-refractivity contribution < 1.29 is 9.59 Å². The third-order valence-electron chi connectivity index (χ3n) is 4.98. The van der Waals surface area contributed by atoms with Gasteiger partial charge in [0, 0.05) is 38.3 Å². The van der Waals surface area contributed by atoms with E-state index in [2.05, 4.69) is 20.8 Å². The van der Waals surface area contributed by atoms with Crippen molar-refractivity contribution in [3.8, 4) is 0 Å². The summed E-state index contributed by atoms with van der Waals surface area (Å²) in [4.78, 5) is 25.3. The molecule has 1 saturated carbocycles. The number of rotatable bonds is 6. The zero-order valence-corrected chi connectivity index (χ0v) is 15.8. The quantitative estimate of drug-likeness (QED) is 0.684. The highest BCUT2D eigenvalue weighted by molar-refractivity contribution is 6.03. The third-order valence-corrected chi connectivity index (χ3v) is 4.98. The first-order chi connectivity index (χ1) is 13.5. The zero-order valence-electron chi connectivity index (χ0n) is 15.8. The Bertz CT molecular complexity index is 1010. The maximum atomic E-state index is 12.6. The Labute approximate surface area is 162 Å². The summed E-state index contributed by atoms with van der Waals surface area (Å²) in [5.41, 5.74) is 2.82. The summed E-state index contributed by atoms with van der Waals surface area (Å²) in [6, 6.07) is 10.0. The lowest BCUT2D eigenvalue weighted by molar-refractivity contribution is -0.117. The van der Waals surface area contributed by atoms with Crippen LogP contribution in [0.25, 0.3) is 0 Å². The van der Waals surface area contributed by atoms with Crippen LogP contribution in [0, 0.1) is 5.92 Å². The minimum atomic E-state index is -0.297. The highest BCUT2D eigenvalue weighted by atomic mass is 16.2. The van der Waals surface area contributed by atoms with Gasteiger partial charge in [-0.3, -0.25) is 19.0 Å². The molecule has 0 spiro atoms. The smallest absolute Gasteiger partial charge is 0.271 e. The normalized spacial score (nSPS) is 17.9. The predicted octanol–water partition coefficient (Wildman–Crippen LogP) is 1.83. The number of nitrogens with one attached hydrogen (secondary N) is 2. The molecule has 8 heteroatoms. The molecule has 2 aromatic heterocycles. The van der Waals surface area contributed by atoms with Gasteiger partial charge in [0.2, 0.25) is 5.91 Å². The van der Waals surface area contributed by atoms with Crippen molar-refractivity contribution in [2.45, 2.75) is 18.9 Å². The first kappa shape index (κ1) is 18.0. The van der Waals surface area contributed by atoms with Gasteiger partial charge in [-0.05, 0) is 17.9 Å². The number of carbonyl (C=O) groups excluding carboxylic acids is 2. The molecule has 1 aliphatic rings. The zero-order chi connectivity index (χ0) is 19.7. The number of benzene rings is 1. The van der Waals surface area contributed by atoms with E-state index in [1.54, 1.807) is 17.9 Å². The fourth-order valence-electron chi connectivity index (χ4n) is 3.41. The highest BCUT2D eigenvalue weighted by Crippen LogP contribution is 2.47. The van der Waals surface area contributed by atoms with Crippen LogP contribution in [0.1, 0.15) is 34.0 Å². The summed E-state index contributed by atoms with van der Waals surface area (Å²) >= 11 is 0. The lowest BCUT2D eigenvalue weighted by Gasteiger charge is -2.08. The summed E-state index contributed by atoms with van der Waals surface area (Å²) in [6.07, 6.45) is 5.86. The second-order valence-electron chi connectivity index (χ2n) is 7.08. The van der Waals surface area contributed by atoms with Gasteiger partial charge in [-0.1, -0.05) is 30.3 Å². The van der Waals surface area contributed by atoms with Crippen molar-refractivity contribution >= 4 is 17.5 Å². The molecule has 1 fully saturated rings. The fraction of sp³-hybridized carbons (Fsp3) is 0.300. The van der Waals surface area contributed by atoms with Crippen LogP contribution in [0.4, 0.5) is 5.69 Å². The largest absolute Gasteiger partial charge is 0.346 e. The average molecular weight is 378 g/mol. The molecule has 0 radical (unpaired) electrons. The number of amides is 2. The molecule has 28 heavy (non-hydrogen) atoms. The van der Waals surface area contributed by atoms with Crippen LogP contribution in [0.15, 0.2) is 48.9 Å². The molecule has 8 nitrogen and oxygen atoms in total. The van der Waals surface area contributed by atoms with Gasteiger partial charge in [-0.15, -0.1) is 0 Å². The van der Waals surface area contributed by atoms with E-state index in [9.17, 15) is 9.59 Å². The number of carbonyl (C=O) groups is 2. The molecule has 0 aliphatic heterocycles. The Balaban J connectivity index is 1.40. The van der Waals surface area contributed by atoms with E-state index in [4.69, 9.17) is 0 Å². The van der Waals surface area contributed by atoms with Gasteiger partial charge >= 0.3 is 0 Å². The monoisotopic (exact) mass is 378 g/mol. The Morgan fingerprint density at radius 2 is 1.93 bits per heavy atom. The molecular formula is C20H22N6O2. The van der Waals surface area contributed by atoms with Gasteiger partial charge < -0.3 is 10.6 Å². The number of hydrogen-bond donors (Lipinski definition) is 2. The molecular weight excluding hydrogens is 356 g/mol. The van der Waals surface area contributed by atoms with Crippen molar-refractivity contribution in [2.24, 2.45) is 20.0 Å². The molecule has 1 aromatic carbocycles. The molecule has 0 saturated heterocycles. The van der Waals surface area contributed by atoms with Crippen LogP contribution in [0.2, 0.25) is 0 Å². The molecule has 2 amide bonds. The van der Waals surface area contributed by atoms with Crippen molar-refractivity contribution in [1.29, 1.82) is 0 Å². The molecule has 2 atom stereocenters. The first-order valence-electron chi connectivity index (χ1n) is 9.16. The molecule has 0 bridgehead atoms. The number of anilines is 1. The van der Waals surface area contributed by atoms with Gasteiger partial charge in [0.1, 0.15) is 5.69 Å². The molecule has 2 heterocycles. The summed E-state index contributed by atoms with van der Waals surface area (Å²) in [6.45, 7) is 0.351. The van der Waals surface area contributed by atoms with E-state index in [1.165, 1.54) is 16.4 Å². The molecule has 144 valence electrons. The number of nitrogens with zero attached hydrogens (tertiary/aromatic N) is 4. The van der Waals surface area contributed by atoms with Crippen molar-refractivity contribution in [3.05, 3.63) is 65.7 Å². The average Bonchev–Trinajstić information content (AvgIpc) is 3.27. The lowest BCUT2D eigenvalue weighted by Crippen LogP contribution is -2.27. The Morgan fingerprint density at radius 1 is 1.14 bits per heavy atom. The van der Waals surface area contributed by atoms with Crippen LogP contribution >= 0.6 is 0 Å². The van der Waals surface area contributed by atoms with Crippen LogP contribution in [0.3, 0.4) is 0 Å². The van der Waals surface area contributed by atoms with Gasteiger partial charge in [0.25, 0.3) is 5.91 Å². The summed E-state index contributed by atoms with van der Waals surface area (Å²) in [5, 5.41) is 13.9. The summed E-state index contributed by atoms with van der Waals surface area (Å²) in [7, 11) is 3.50. The van der Waals surface area contributed by atoms with E-state index >= 15 is 0 Å². The van der Waals surface area contributed by atoms with Crippen LogP contribution in [-0.2, 0) is 25.4 Å². The maximum absolute atomic E-state index is 12.6. The topological polar surface area (TPSA) is 93.8 Å². The number of aryl methyl sites for hydroxylation is 2. The first-order valence-corrected chi connectivity index (χ1v) is 9.16. The Morgan fingerprint density at radius 3 is 2.64 bits per heavy atom. The van der Waals surface area contributed by atoms with Gasteiger partial charge in [0.05, 0.1) is 18.1 Å². The molecule has 1 aliphatic carbocycles. The Hall–Kier alpha value is -3.42. The van der Waals surface area contributed by atoms with Crippen molar-refractivity contribution in [1.82, 2.24) is 24.9 Å². The fourth-order valence-corrected chi connectivity index (χ4v) is 3.41. The minimum Gasteiger partial charge on any atom is -0.346 e. The van der Waals surface area contributed by atoms with Gasteiger partial charge in [0.15, 0.2) is 0 Å². The third kappa shape index (κ3) is 3.66. The summed E-state index contributed by atoms with van der Waals surface area (Å²) < 4.78 is 3.14. The van der Waals surface area contributed by atoms with E-state index in [-0.39, 0.29) is 23.7 Å². The molecule has 4 rings (SSSR count). The van der Waals surface area contributed by atoms with Crippen LogP contribution < -0.4 is 10.6 Å². The number of aromatic nitrogens is 4. The van der Waals surface area contributed by atoms with E-state index in [0.29, 0.717) is 17.9 Å². The molecule has 3 aromatic rings. The van der Waals surface area contributed by atoms with Crippen molar-refractivity contribution in [3.63, 3.8) is 0 Å². The minimum absolute atomic E-state index is 0.0751. The molecule has 2 N–H and O–H groups in total. The highest BCUT2D eigenvalue weighted by Gasteiger charge is 2.44. The van der Waals surface area contributed by atoms with E-state index < -0.39 is 0 Å². The van der Waals surface area contributed by atoms with Crippen molar-refractivity contribution in [2.75, 3.05) is 5.32 Å². The lowest BCUT2D eigenvalue weighted by atomic mass is 10.1.